The standard InChI is InChI=1S/C13H16BrClO/c14-9-11(10-4-2-1-3-5-10)8-12-6-7-13(15)16-12/h6-8,10H,1-5,9H2. The van der Waals surface area contributed by atoms with Crippen LogP contribution in [-0.2, 0) is 0 Å². The third kappa shape index (κ3) is 3.14. The Morgan fingerprint density at radius 1 is 1.38 bits per heavy atom. The molecule has 2 rings (SSSR count). The lowest BCUT2D eigenvalue weighted by Crippen LogP contribution is -2.09. The van der Waals surface area contributed by atoms with Crippen LogP contribution in [0.3, 0.4) is 0 Å². The summed E-state index contributed by atoms with van der Waals surface area (Å²) in [5.41, 5.74) is 1.44. The van der Waals surface area contributed by atoms with Crippen molar-refractivity contribution in [1.29, 1.82) is 0 Å². The monoisotopic (exact) mass is 302 g/mol. The van der Waals surface area contributed by atoms with E-state index in [-0.39, 0.29) is 0 Å². The zero-order valence-corrected chi connectivity index (χ0v) is 11.6. The van der Waals surface area contributed by atoms with Gasteiger partial charge in [-0.15, -0.1) is 0 Å². The molecule has 1 aromatic heterocycles. The molecule has 0 radical (unpaired) electrons. The van der Waals surface area contributed by atoms with Gasteiger partial charge < -0.3 is 4.42 Å². The van der Waals surface area contributed by atoms with Crippen molar-refractivity contribution in [3.05, 3.63) is 28.7 Å². The summed E-state index contributed by atoms with van der Waals surface area (Å²) in [6.07, 6.45) is 8.86. The summed E-state index contributed by atoms with van der Waals surface area (Å²) in [5.74, 6) is 1.59. The Labute approximate surface area is 110 Å². The van der Waals surface area contributed by atoms with E-state index in [1.165, 1.54) is 37.7 Å². The van der Waals surface area contributed by atoms with Crippen LogP contribution < -0.4 is 0 Å². The lowest BCUT2D eigenvalue weighted by Gasteiger charge is -2.23. The van der Waals surface area contributed by atoms with Gasteiger partial charge in [0.15, 0.2) is 5.22 Å². The molecule has 1 nitrogen and oxygen atoms in total. The Bertz CT molecular complexity index is 364. The molecule has 0 amide bonds. The van der Waals surface area contributed by atoms with Crippen molar-refractivity contribution in [3.8, 4) is 0 Å². The Morgan fingerprint density at radius 3 is 2.69 bits per heavy atom. The van der Waals surface area contributed by atoms with Gasteiger partial charge in [-0.1, -0.05) is 40.8 Å². The van der Waals surface area contributed by atoms with E-state index in [0.29, 0.717) is 5.22 Å². The molecule has 1 aliphatic carbocycles. The average Bonchev–Trinajstić information content (AvgIpc) is 2.73. The molecule has 1 saturated carbocycles. The molecule has 0 unspecified atom stereocenters. The van der Waals surface area contributed by atoms with Gasteiger partial charge in [0.25, 0.3) is 0 Å². The molecule has 0 bridgehead atoms. The highest BCUT2D eigenvalue weighted by molar-refractivity contribution is 9.09. The Balaban J connectivity index is 2.11. The normalized spacial score (nSPS) is 19.0. The first kappa shape index (κ1) is 12.3. The Morgan fingerprint density at radius 2 is 2.12 bits per heavy atom. The minimum atomic E-state index is 0.462. The molecule has 16 heavy (non-hydrogen) atoms. The van der Waals surface area contributed by atoms with Crippen molar-refractivity contribution in [3.63, 3.8) is 0 Å². The van der Waals surface area contributed by atoms with Crippen LogP contribution in [0.15, 0.2) is 22.1 Å². The van der Waals surface area contributed by atoms with Crippen LogP contribution in [0.2, 0.25) is 5.22 Å². The van der Waals surface area contributed by atoms with E-state index in [9.17, 15) is 0 Å². The molecule has 1 fully saturated rings. The van der Waals surface area contributed by atoms with Crippen LogP contribution in [0.4, 0.5) is 0 Å². The molecule has 0 atom stereocenters. The molecular weight excluding hydrogens is 287 g/mol. The number of alkyl halides is 1. The van der Waals surface area contributed by atoms with Crippen molar-refractivity contribution >= 4 is 33.6 Å². The van der Waals surface area contributed by atoms with Gasteiger partial charge in [0.05, 0.1) is 0 Å². The Kier molecular flexibility index (Phi) is 4.54. The first-order chi connectivity index (χ1) is 7.79. The van der Waals surface area contributed by atoms with Gasteiger partial charge in [-0.05, 0) is 48.6 Å². The fourth-order valence-electron chi connectivity index (χ4n) is 2.33. The van der Waals surface area contributed by atoms with Gasteiger partial charge in [-0.2, -0.15) is 0 Å². The lowest BCUT2D eigenvalue weighted by molar-refractivity contribution is 0.405. The van der Waals surface area contributed by atoms with Crippen LogP contribution in [-0.4, -0.2) is 5.33 Å². The van der Waals surface area contributed by atoms with E-state index in [2.05, 4.69) is 22.0 Å². The lowest BCUT2D eigenvalue weighted by atomic mass is 9.84. The molecule has 1 aromatic rings. The quantitative estimate of drug-likeness (QED) is 0.691. The predicted molar refractivity (Wildman–Crippen MR) is 72.1 cm³/mol. The van der Waals surface area contributed by atoms with E-state index in [1.54, 1.807) is 6.07 Å². The minimum Gasteiger partial charge on any atom is -0.445 e. The van der Waals surface area contributed by atoms with Gasteiger partial charge in [0.2, 0.25) is 0 Å². The zero-order valence-electron chi connectivity index (χ0n) is 9.22. The highest BCUT2D eigenvalue weighted by Gasteiger charge is 2.17. The molecule has 0 N–H and O–H groups in total. The van der Waals surface area contributed by atoms with Gasteiger partial charge in [0, 0.05) is 5.33 Å². The van der Waals surface area contributed by atoms with E-state index in [0.717, 1.165) is 17.0 Å². The summed E-state index contributed by atoms with van der Waals surface area (Å²) in [4.78, 5) is 0. The van der Waals surface area contributed by atoms with Crippen molar-refractivity contribution in [2.45, 2.75) is 32.1 Å². The number of hydrogen-bond donors (Lipinski definition) is 0. The van der Waals surface area contributed by atoms with Gasteiger partial charge in [-0.25, -0.2) is 0 Å². The van der Waals surface area contributed by atoms with Gasteiger partial charge >= 0.3 is 0 Å². The van der Waals surface area contributed by atoms with E-state index in [1.807, 2.05) is 6.07 Å². The van der Waals surface area contributed by atoms with Crippen molar-refractivity contribution < 1.29 is 4.42 Å². The SMILES string of the molecule is Clc1ccc(C=C(CBr)C2CCCCC2)o1. The fourth-order valence-corrected chi connectivity index (χ4v) is 3.10. The number of hydrogen-bond acceptors (Lipinski definition) is 1. The Hall–Kier alpha value is -0.210. The van der Waals surface area contributed by atoms with Crippen LogP contribution in [0.1, 0.15) is 37.9 Å². The maximum atomic E-state index is 5.77. The molecular formula is C13H16BrClO. The largest absolute Gasteiger partial charge is 0.445 e. The number of furan rings is 1. The first-order valence-corrected chi connectivity index (χ1v) is 7.31. The van der Waals surface area contributed by atoms with Crippen LogP contribution in [0.5, 0.6) is 0 Å². The molecule has 0 aromatic carbocycles. The first-order valence-electron chi connectivity index (χ1n) is 5.81. The number of allylic oxidation sites excluding steroid dienone is 1. The molecule has 1 heterocycles. The molecule has 3 heteroatoms. The summed E-state index contributed by atoms with van der Waals surface area (Å²) in [6.45, 7) is 0. The number of rotatable bonds is 3. The second-order valence-electron chi connectivity index (χ2n) is 4.33. The fraction of sp³-hybridized carbons (Fsp3) is 0.538. The maximum Gasteiger partial charge on any atom is 0.193 e. The molecule has 0 aliphatic heterocycles. The zero-order chi connectivity index (χ0) is 11.4. The van der Waals surface area contributed by atoms with Gasteiger partial charge in [-0.3, -0.25) is 0 Å². The summed E-state index contributed by atoms with van der Waals surface area (Å²) in [5, 5.41) is 1.39. The third-order valence-corrected chi connectivity index (χ3v) is 4.06. The average molecular weight is 304 g/mol. The highest BCUT2D eigenvalue weighted by atomic mass is 79.9. The van der Waals surface area contributed by atoms with E-state index >= 15 is 0 Å². The van der Waals surface area contributed by atoms with Crippen LogP contribution in [0, 0.1) is 5.92 Å². The predicted octanol–water partition coefficient (Wildman–Crippen LogP) is 5.29. The van der Waals surface area contributed by atoms with E-state index in [4.69, 9.17) is 16.0 Å². The van der Waals surface area contributed by atoms with Crippen LogP contribution >= 0.6 is 27.5 Å². The number of halogens is 2. The van der Waals surface area contributed by atoms with Crippen LogP contribution in [0.25, 0.3) is 6.08 Å². The van der Waals surface area contributed by atoms with E-state index < -0.39 is 0 Å². The van der Waals surface area contributed by atoms with Crippen molar-refractivity contribution in [1.82, 2.24) is 0 Å². The minimum absolute atomic E-state index is 0.462. The molecule has 0 saturated heterocycles. The highest BCUT2D eigenvalue weighted by Crippen LogP contribution is 2.32. The second kappa shape index (κ2) is 5.92. The summed E-state index contributed by atoms with van der Waals surface area (Å²) in [7, 11) is 0. The summed E-state index contributed by atoms with van der Waals surface area (Å²) < 4.78 is 5.37. The molecule has 0 spiro atoms. The molecule has 88 valence electrons. The van der Waals surface area contributed by atoms with Gasteiger partial charge in [0.1, 0.15) is 5.76 Å². The van der Waals surface area contributed by atoms with Crippen molar-refractivity contribution in [2.75, 3.05) is 5.33 Å². The smallest absolute Gasteiger partial charge is 0.193 e. The molecule has 1 aliphatic rings. The third-order valence-electron chi connectivity index (χ3n) is 3.21. The van der Waals surface area contributed by atoms with Crippen molar-refractivity contribution in [2.24, 2.45) is 5.92 Å². The maximum absolute atomic E-state index is 5.77. The second-order valence-corrected chi connectivity index (χ2v) is 5.26. The summed E-state index contributed by atoms with van der Waals surface area (Å²) >= 11 is 9.34. The topological polar surface area (TPSA) is 13.1 Å². The summed E-state index contributed by atoms with van der Waals surface area (Å²) in [6, 6.07) is 3.72.